The van der Waals surface area contributed by atoms with Crippen molar-refractivity contribution < 1.29 is 13.2 Å². The Morgan fingerprint density at radius 2 is 1.95 bits per heavy atom. The Bertz CT molecular complexity index is 596. The van der Waals surface area contributed by atoms with E-state index in [0.717, 1.165) is 21.2 Å². The lowest BCUT2D eigenvalue weighted by atomic mass is 10.1. The SMILES string of the molecule is Nc1ccc(NCCc2ccc(Br)s2)cc1C(F)(F)F. The van der Waals surface area contributed by atoms with Gasteiger partial charge in [-0.25, -0.2) is 0 Å². The van der Waals surface area contributed by atoms with Crippen molar-refractivity contribution in [3.63, 3.8) is 0 Å². The van der Waals surface area contributed by atoms with Crippen molar-refractivity contribution >= 4 is 38.6 Å². The van der Waals surface area contributed by atoms with Gasteiger partial charge in [-0.3, -0.25) is 0 Å². The minimum Gasteiger partial charge on any atom is -0.398 e. The second kappa shape index (κ2) is 6.05. The van der Waals surface area contributed by atoms with Crippen LogP contribution in [-0.2, 0) is 12.6 Å². The molecule has 1 heterocycles. The summed E-state index contributed by atoms with van der Waals surface area (Å²) >= 11 is 4.98. The van der Waals surface area contributed by atoms with E-state index in [1.165, 1.54) is 6.07 Å². The summed E-state index contributed by atoms with van der Waals surface area (Å²) in [4.78, 5) is 1.16. The molecule has 2 aromatic rings. The molecule has 0 amide bonds. The number of nitrogens with one attached hydrogen (secondary N) is 1. The van der Waals surface area contributed by atoms with Gasteiger partial charge in [0.05, 0.1) is 9.35 Å². The molecular weight excluding hydrogens is 353 g/mol. The van der Waals surface area contributed by atoms with E-state index in [4.69, 9.17) is 5.73 Å². The van der Waals surface area contributed by atoms with Crippen molar-refractivity contribution in [2.24, 2.45) is 0 Å². The average molecular weight is 365 g/mol. The van der Waals surface area contributed by atoms with E-state index in [1.54, 1.807) is 17.4 Å². The van der Waals surface area contributed by atoms with E-state index in [2.05, 4.69) is 21.2 Å². The van der Waals surface area contributed by atoms with Gasteiger partial charge < -0.3 is 11.1 Å². The van der Waals surface area contributed by atoms with Gasteiger partial charge in [-0.1, -0.05) is 0 Å². The lowest BCUT2D eigenvalue weighted by Gasteiger charge is -2.12. The van der Waals surface area contributed by atoms with Gasteiger partial charge in [0.2, 0.25) is 0 Å². The van der Waals surface area contributed by atoms with Gasteiger partial charge in [-0.2, -0.15) is 13.2 Å². The molecule has 0 radical (unpaired) electrons. The van der Waals surface area contributed by atoms with Crippen molar-refractivity contribution in [3.05, 3.63) is 44.6 Å². The predicted octanol–water partition coefficient (Wildman–Crippen LogP) is 4.77. The predicted molar refractivity (Wildman–Crippen MR) is 80.1 cm³/mol. The maximum atomic E-state index is 12.7. The Kier molecular flexibility index (Phi) is 4.59. The van der Waals surface area contributed by atoms with Crippen LogP contribution in [0, 0.1) is 0 Å². The molecule has 0 aliphatic carbocycles. The lowest BCUT2D eigenvalue weighted by Crippen LogP contribution is -2.11. The van der Waals surface area contributed by atoms with Gasteiger partial charge in [-0.15, -0.1) is 11.3 Å². The average Bonchev–Trinajstić information content (AvgIpc) is 2.76. The van der Waals surface area contributed by atoms with Crippen molar-refractivity contribution in [1.29, 1.82) is 0 Å². The molecule has 0 saturated carbocycles. The smallest absolute Gasteiger partial charge is 0.398 e. The topological polar surface area (TPSA) is 38.0 Å². The zero-order valence-corrected chi connectivity index (χ0v) is 12.7. The molecule has 0 aliphatic heterocycles. The Balaban J connectivity index is 2.00. The van der Waals surface area contributed by atoms with Crippen molar-refractivity contribution in [2.75, 3.05) is 17.6 Å². The number of rotatable bonds is 4. The lowest BCUT2D eigenvalue weighted by molar-refractivity contribution is -0.136. The number of thiophene rings is 1. The molecule has 3 N–H and O–H groups in total. The fourth-order valence-corrected chi connectivity index (χ4v) is 3.21. The van der Waals surface area contributed by atoms with Crippen LogP contribution in [0.3, 0.4) is 0 Å². The summed E-state index contributed by atoms with van der Waals surface area (Å²) in [6.45, 7) is 0.564. The molecule has 2 nitrogen and oxygen atoms in total. The first-order valence-electron chi connectivity index (χ1n) is 5.81. The van der Waals surface area contributed by atoms with E-state index < -0.39 is 11.7 Å². The highest BCUT2D eigenvalue weighted by Gasteiger charge is 2.33. The molecular formula is C13H12BrF3N2S. The third-order valence-electron chi connectivity index (χ3n) is 2.69. The zero-order valence-electron chi connectivity index (χ0n) is 10.3. The number of hydrogen-bond acceptors (Lipinski definition) is 3. The molecule has 0 fully saturated rings. The molecule has 1 aromatic heterocycles. The van der Waals surface area contributed by atoms with E-state index in [1.807, 2.05) is 12.1 Å². The first kappa shape index (κ1) is 15.2. The van der Waals surface area contributed by atoms with Crippen molar-refractivity contribution in [2.45, 2.75) is 12.6 Å². The van der Waals surface area contributed by atoms with Crippen LogP contribution in [0.15, 0.2) is 34.1 Å². The summed E-state index contributed by atoms with van der Waals surface area (Å²) in [5.41, 5.74) is 4.70. The third kappa shape index (κ3) is 3.89. The molecule has 1 aromatic carbocycles. The van der Waals surface area contributed by atoms with Crippen LogP contribution in [0.4, 0.5) is 24.5 Å². The van der Waals surface area contributed by atoms with Crippen molar-refractivity contribution in [3.8, 4) is 0 Å². The highest BCUT2D eigenvalue weighted by molar-refractivity contribution is 9.11. The normalized spacial score (nSPS) is 11.6. The molecule has 7 heteroatoms. The van der Waals surface area contributed by atoms with Crippen LogP contribution in [-0.4, -0.2) is 6.54 Å². The van der Waals surface area contributed by atoms with Crippen LogP contribution in [0.25, 0.3) is 0 Å². The van der Waals surface area contributed by atoms with Crippen LogP contribution in [0.2, 0.25) is 0 Å². The van der Waals surface area contributed by atoms with Gasteiger partial charge >= 0.3 is 6.18 Å². The largest absolute Gasteiger partial charge is 0.418 e. The summed E-state index contributed by atoms with van der Waals surface area (Å²) in [5.74, 6) is 0. The van der Waals surface area contributed by atoms with Crippen LogP contribution in [0.1, 0.15) is 10.4 Å². The van der Waals surface area contributed by atoms with E-state index in [-0.39, 0.29) is 5.69 Å². The second-order valence-corrected chi connectivity index (χ2v) is 6.73. The first-order valence-corrected chi connectivity index (χ1v) is 7.42. The number of hydrogen-bond donors (Lipinski definition) is 2. The highest BCUT2D eigenvalue weighted by Crippen LogP contribution is 2.35. The fourth-order valence-electron chi connectivity index (χ4n) is 1.73. The summed E-state index contributed by atoms with van der Waals surface area (Å²) in [6, 6.07) is 7.80. The maximum Gasteiger partial charge on any atom is 0.418 e. The number of anilines is 2. The number of benzene rings is 1. The Morgan fingerprint density at radius 3 is 2.55 bits per heavy atom. The zero-order chi connectivity index (χ0) is 14.8. The molecule has 0 unspecified atom stereocenters. The van der Waals surface area contributed by atoms with Gasteiger partial charge in [0.15, 0.2) is 0 Å². The monoisotopic (exact) mass is 364 g/mol. The standard InChI is InChI=1S/C13H12BrF3N2S/c14-12-4-2-9(20-12)5-6-19-8-1-3-11(18)10(7-8)13(15,16)17/h1-4,7,19H,5-6,18H2. The van der Waals surface area contributed by atoms with Gasteiger partial charge in [-0.05, 0) is 52.7 Å². The van der Waals surface area contributed by atoms with Crippen molar-refractivity contribution in [1.82, 2.24) is 0 Å². The molecule has 0 spiro atoms. The van der Waals surface area contributed by atoms with E-state index in [9.17, 15) is 13.2 Å². The number of alkyl halides is 3. The first-order chi connectivity index (χ1) is 9.36. The second-order valence-electron chi connectivity index (χ2n) is 4.18. The molecule has 20 heavy (non-hydrogen) atoms. The summed E-state index contributed by atoms with van der Waals surface area (Å²) in [7, 11) is 0. The van der Waals surface area contributed by atoms with Crippen LogP contribution < -0.4 is 11.1 Å². The quantitative estimate of drug-likeness (QED) is 0.767. The number of halogens is 4. The Morgan fingerprint density at radius 1 is 1.20 bits per heavy atom. The van der Waals surface area contributed by atoms with Gasteiger partial charge in [0.1, 0.15) is 0 Å². The summed E-state index contributed by atoms with van der Waals surface area (Å²) < 4.78 is 39.2. The molecule has 0 aliphatic rings. The van der Waals surface area contributed by atoms with Gasteiger partial charge in [0, 0.05) is 22.8 Å². The van der Waals surface area contributed by atoms with Crippen LogP contribution >= 0.6 is 27.3 Å². The number of nitrogen functional groups attached to an aromatic ring is 1. The molecule has 108 valence electrons. The van der Waals surface area contributed by atoms with Crippen LogP contribution in [0.5, 0.6) is 0 Å². The third-order valence-corrected chi connectivity index (χ3v) is 4.37. The fraction of sp³-hybridized carbons (Fsp3) is 0.231. The summed E-state index contributed by atoms with van der Waals surface area (Å²) in [5, 5.41) is 2.98. The molecule has 0 bridgehead atoms. The van der Waals surface area contributed by atoms with Gasteiger partial charge in [0.25, 0.3) is 0 Å². The highest BCUT2D eigenvalue weighted by atomic mass is 79.9. The van der Waals surface area contributed by atoms with E-state index >= 15 is 0 Å². The molecule has 2 rings (SSSR count). The minimum absolute atomic E-state index is 0.259. The summed E-state index contributed by atoms with van der Waals surface area (Å²) in [6.07, 6.45) is -3.68. The maximum absolute atomic E-state index is 12.7. The van der Waals surface area contributed by atoms with E-state index in [0.29, 0.717) is 12.2 Å². The molecule has 0 saturated heterocycles. The Labute approximate surface area is 126 Å². The Hall–Kier alpha value is -1.21. The molecule has 0 atom stereocenters. The minimum atomic E-state index is -4.43. The number of nitrogens with two attached hydrogens (primary N) is 1.